The van der Waals surface area contributed by atoms with Gasteiger partial charge in [-0.3, -0.25) is 9.59 Å². The zero-order chi connectivity index (χ0) is 14.6. The lowest BCUT2D eigenvalue weighted by atomic mass is 10.0. The van der Waals surface area contributed by atoms with Crippen LogP contribution in [0.5, 0.6) is 0 Å². The second kappa shape index (κ2) is 6.37. The molecule has 19 heavy (non-hydrogen) atoms. The molecule has 1 fully saturated rings. The maximum atomic E-state index is 11.9. The van der Waals surface area contributed by atoms with Crippen molar-refractivity contribution >= 4 is 17.9 Å². The minimum atomic E-state index is -0.999. The van der Waals surface area contributed by atoms with Gasteiger partial charge in [0.15, 0.2) is 0 Å². The SMILES string of the molecule is CNC(=O)C(C)NC(=O)N(C)C1COCC1C(=O)O. The molecule has 0 aromatic rings. The van der Waals surface area contributed by atoms with E-state index in [2.05, 4.69) is 10.6 Å². The highest BCUT2D eigenvalue weighted by molar-refractivity contribution is 5.86. The number of carbonyl (C=O) groups excluding carboxylic acids is 2. The summed E-state index contributed by atoms with van der Waals surface area (Å²) in [7, 11) is 2.96. The Bertz CT molecular complexity index is 373. The van der Waals surface area contributed by atoms with Crippen LogP contribution in [0.4, 0.5) is 4.79 Å². The molecular weight excluding hydrogens is 254 g/mol. The molecule has 1 saturated heterocycles. The van der Waals surface area contributed by atoms with E-state index in [1.54, 1.807) is 6.92 Å². The largest absolute Gasteiger partial charge is 0.481 e. The third kappa shape index (κ3) is 3.57. The summed E-state index contributed by atoms with van der Waals surface area (Å²) in [5.41, 5.74) is 0. The van der Waals surface area contributed by atoms with Gasteiger partial charge in [0.1, 0.15) is 12.0 Å². The summed E-state index contributed by atoms with van der Waals surface area (Å²) in [6.07, 6.45) is 0. The lowest BCUT2D eigenvalue weighted by molar-refractivity contribution is -0.142. The van der Waals surface area contributed by atoms with Gasteiger partial charge in [-0.1, -0.05) is 0 Å². The first-order valence-corrected chi connectivity index (χ1v) is 5.94. The number of hydrogen-bond donors (Lipinski definition) is 3. The molecule has 3 unspecified atom stereocenters. The highest BCUT2D eigenvalue weighted by Gasteiger charge is 2.38. The number of carboxylic acid groups (broad SMARTS) is 1. The molecule has 1 aliphatic rings. The van der Waals surface area contributed by atoms with Crippen LogP contribution in [-0.2, 0) is 14.3 Å². The summed E-state index contributed by atoms with van der Waals surface area (Å²) in [4.78, 5) is 35.5. The van der Waals surface area contributed by atoms with Gasteiger partial charge in [0.2, 0.25) is 5.91 Å². The summed E-state index contributed by atoms with van der Waals surface area (Å²) in [5.74, 6) is -2.06. The highest BCUT2D eigenvalue weighted by atomic mass is 16.5. The maximum absolute atomic E-state index is 11.9. The third-order valence-corrected chi connectivity index (χ3v) is 3.17. The van der Waals surface area contributed by atoms with Crippen molar-refractivity contribution in [3.63, 3.8) is 0 Å². The number of likely N-dealkylation sites (N-methyl/N-ethyl adjacent to an activating group) is 2. The van der Waals surface area contributed by atoms with E-state index in [9.17, 15) is 14.4 Å². The smallest absolute Gasteiger partial charge is 0.318 e. The predicted octanol–water partition coefficient (Wildman–Crippen LogP) is -1.14. The Kier molecular flexibility index (Phi) is 5.11. The molecule has 0 bridgehead atoms. The molecule has 1 heterocycles. The van der Waals surface area contributed by atoms with E-state index < -0.39 is 30.0 Å². The molecule has 0 aromatic carbocycles. The molecule has 8 heteroatoms. The topological polar surface area (TPSA) is 108 Å². The van der Waals surface area contributed by atoms with Crippen LogP contribution in [0.1, 0.15) is 6.92 Å². The molecule has 8 nitrogen and oxygen atoms in total. The van der Waals surface area contributed by atoms with Crippen molar-refractivity contribution < 1.29 is 24.2 Å². The number of carboxylic acids is 1. The van der Waals surface area contributed by atoms with Gasteiger partial charge in [-0.05, 0) is 6.92 Å². The van der Waals surface area contributed by atoms with E-state index in [0.717, 1.165) is 0 Å². The minimum Gasteiger partial charge on any atom is -0.481 e. The van der Waals surface area contributed by atoms with Crippen LogP contribution < -0.4 is 10.6 Å². The number of rotatable bonds is 4. The number of carbonyl (C=O) groups is 3. The van der Waals surface area contributed by atoms with Gasteiger partial charge in [-0.15, -0.1) is 0 Å². The third-order valence-electron chi connectivity index (χ3n) is 3.17. The van der Waals surface area contributed by atoms with Gasteiger partial charge in [-0.25, -0.2) is 4.79 Å². The summed E-state index contributed by atoms with van der Waals surface area (Å²) in [6.45, 7) is 1.81. The maximum Gasteiger partial charge on any atom is 0.318 e. The standard InChI is InChI=1S/C11H19N3O5/c1-6(9(15)12-2)13-11(18)14(3)8-5-19-4-7(8)10(16)17/h6-8H,4-5H2,1-3H3,(H,12,15)(H,13,18)(H,16,17). The molecule has 3 N–H and O–H groups in total. The van der Waals surface area contributed by atoms with Crippen molar-refractivity contribution in [1.29, 1.82) is 0 Å². The van der Waals surface area contributed by atoms with Crippen molar-refractivity contribution in [3.05, 3.63) is 0 Å². The molecule has 0 aliphatic carbocycles. The molecular formula is C11H19N3O5. The van der Waals surface area contributed by atoms with Gasteiger partial charge in [-0.2, -0.15) is 0 Å². The molecule has 3 atom stereocenters. The highest BCUT2D eigenvalue weighted by Crippen LogP contribution is 2.19. The number of nitrogens with zero attached hydrogens (tertiary/aromatic N) is 1. The first-order valence-electron chi connectivity index (χ1n) is 5.94. The van der Waals surface area contributed by atoms with E-state index in [-0.39, 0.29) is 19.1 Å². The van der Waals surface area contributed by atoms with Crippen molar-refractivity contribution in [2.45, 2.75) is 19.0 Å². The van der Waals surface area contributed by atoms with Crippen LogP contribution in [0.25, 0.3) is 0 Å². The Labute approximate surface area is 111 Å². The predicted molar refractivity (Wildman–Crippen MR) is 65.6 cm³/mol. The second-order valence-corrected chi connectivity index (χ2v) is 4.45. The first kappa shape index (κ1) is 15.2. The Morgan fingerprint density at radius 3 is 2.53 bits per heavy atom. The Morgan fingerprint density at radius 2 is 2.00 bits per heavy atom. The summed E-state index contributed by atoms with van der Waals surface area (Å²) < 4.78 is 5.09. The lowest BCUT2D eigenvalue weighted by Crippen LogP contribution is -2.53. The molecule has 0 aromatic heterocycles. The lowest BCUT2D eigenvalue weighted by Gasteiger charge is -2.27. The van der Waals surface area contributed by atoms with Crippen LogP contribution >= 0.6 is 0 Å². The monoisotopic (exact) mass is 273 g/mol. The fourth-order valence-corrected chi connectivity index (χ4v) is 1.88. The van der Waals surface area contributed by atoms with E-state index in [1.165, 1.54) is 19.0 Å². The van der Waals surface area contributed by atoms with Crippen molar-refractivity contribution in [2.24, 2.45) is 5.92 Å². The number of hydrogen-bond acceptors (Lipinski definition) is 4. The molecule has 0 saturated carbocycles. The number of urea groups is 1. The number of nitrogens with one attached hydrogen (secondary N) is 2. The van der Waals surface area contributed by atoms with E-state index >= 15 is 0 Å². The van der Waals surface area contributed by atoms with Crippen LogP contribution in [0.15, 0.2) is 0 Å². The molecule has 1 aliphatic heterocycles. The summed E-state index contributed by atoms with van der Waals surface area (Å²) in [5, 5.41) is 13.9. The average Bonchev–Trinajstić information content (AvgIpc) is 2.85. The van der Waals surface area contributed by atoms with Crippen LogP contribution in [-0.4, -0.2) is 67.3 Å². The van der Waals surface area contributed by atoms with Gasteiger partial charge < -0.3 is 25.4 Å². The molecule has 3 amide bonds. The van der Waals surface area contributed by atoms with E-state index in [0.29, 0.717) is 0 Å². The van der Waals surface area contributed by atoms with Crippen molar-refractivity contribution in [2.75, 3.05) is 27.3 Å². The van der Waals surface area contributed by atoms with Crippen LogP contribution in [0.3, 0.4) is 0 Å². The molecule has 1 rings (SSSR count). The molecule has 108 valence electrons. The van der Waals surface area contributed by atoms with Crippen LogP contribution in [0.2, 0.25) is 0 Å². The van der Waals surface area contributed by atoms with Crippen molar-refractivity contribution in [1.82, 2.24) is 15.5 Å². The van der Waals surface area contributed by atoms with Gasteiger partial charge in [0, 0.05) is 14.1 Å². The Balaban J connectivity index is 2.61. The first-order chi connectivity index (χ1) is 8.88. The fourth-order valence-electron chi connectivity index (χ4n) is 1.88. The van der Waals surface area contributed by atoms with Crippen LogP contribution in [0, 0.1) is 5.92 Å². The zero-order valence-corrected chi connectivity index (χ0v) is 11.2. The number of ether oxygens (including phenoxy) is 1. The number of amides is 3. The van der Waals surface area contributed by atoms with E-state index in [4.69, 9.17) is 9.84 Å². The Hall–Kier alpha value is -1.83. The zero-order valence-electron chi connectivity index (χ0n) is 11.2. The van der Waals surface area contributed by atoms with Gasteiger partial charge >= 0.3 is 12.0 Å². The van der Waals surface area contributed by atoms with Crippen molar-refractivity contribution in [3.8, 4) is 0 Å². The number of aliphatic carboxylic acids is 1. The summed E-state index contributed by atoms with van der Waals surface area (Å²) >= 11 is 0. The quantitative estimate of drug-likeness (QED) is 0.600. The van der Waals surface area contributed by atoms with Gasteiger partial charge in [0.25, 0.3) is 0 Å². The molecule has 0 spiro atoms. The fraction of sp³-hybridized carbons (Fsp3) is 0.727. The average molecular weight is 273 g/mol. The summed E-state index contributed by atoms with van der Waals surface area (Å²) in [6, 6.07) is -1.72. The normalized spacial score (nSPS) is 23.5. The molecule has 0 radical (unpaired) electrons. The van der Waals surface area contributed by atoms with E-state index in [1.807, 2.05) is 0 Å². The Morgan fingerprint density at radius 1 is 1.37 bits per heavy atom. The second-order valence-electron chi connectivity index (χ2n) is 4.45. The van der Waals surface area contributed by atoms with Gasteiger partial charge in [0.05, 0.1) is 19.3 Å². The minimum absolute atomic E-state index is 0.0859.